The number of anilines is 2. The second-order valence-electron chi connectivity index (χ2n) is 12.0. The zero-order valence-electron chi connectivity index (χ0n) is 26.5. The Balaban J connectivity index is 1.13. The van der Waals surface area contributed by atoms with Crippen molar-refractivity contribution in [2.24, 2.45) is 5.92 Å². The van der Waals surface area contributed by atoms with Crippen molar-refractivity contribution in [3.05, 3.63) is 118 Å². The van der Waals surface area contributed by atoms with E-state index in [1.807, 2.05) is 60.7 Å². The fourth-order valence-electron chi connectivity index (χ4n) is 5.95. The summed E-state index contributed by atoms with van der Waals surface area (Å²) in [6, 6.07) is 25.7. The summed E-state index contributed by atoms with van der Waals surface area (Å²) < 4.78 is 6.49. The average Bonchev–Trinajstić information content (AvgIpc) is 3.54. The van der Waals surface area contributed by atoms with E-state index in [1.54, 1.807) is 18.3 Å². The number of aliphatic carboxylic acids is 1. The van der Waals surface area contributed by atoms with Crippen LogP contribution < -0.4 is 21.2 Å². The van der Waals surface area contributed by atoms with E-state index < -0.39 is 23.8 Å². The molecule has 1 aliphatic rings. The number of aromatic amines is 1. The first-order valence-electron chi connectivity index (χ1n) is 16.2. The Labute approximate surface area is 277 Å². The van der Waals surface area contributed by atoms with Crippen LogP contribution in [0.3, 0.4) is 0 Å². The number of alkyl carbamates (subject to hydrolysis) is 1. The Morgan fingerprint density at radius 2 is 1.60 bits per heavy atom. The minimum atomic E-state index is -1.39. The molecule has 0 radical (unpaired) electrons. The molecule has 1 aliphatic heterocycles. The lowest BCUT2D eigenvalue weighted by Crippen LogP contribution is -2.46. The zero-order chi connectivity index (χ0) is 33.3. The van der Waals surface area contributed by atoms with Crippen molar-refractivity contribution in [1.82, 2.24) is 24.8 Å². The van der Waals surface area contributed by atoms with Crippen molar-refractivity contribution < 1.29 is 19.4 Å². The van der Waals surface area contributed by atoms with Gasteiger partial charge in [-0.15, -0.1) is 0 Å². The second kappa shape index (κ2) is 15.3. The van der Waals surface area contributed by atoms with Gasteiger partial charge in [0.05, 0.1) is 17.6 Å². The van der Waals surface area contributed by atoms with Crippen molar-refractivity contribution in [3.63, 3.8) is 0 Å². The lowest BCUT2D eigenvalue weighted by molar-refractivity contribution is -0.139. The van der Waals surface area contributed by atoms with Crippen molar-refractivity contribution in [3.8, 4) is 0 Å². The fourth-order valence-corrected chi connectivity index (χ4v) is 5.95. The molecule has 3 aromatic carbocycles. The second-order valence-corrected chi connectivity index (χ2v) is 12.0. The van der Waals surface area contributed by atoms with E-state index in [-0.39, 0.29) is 13.2 Å². The molecule has 0 bridgehead atoms. The number of hydrogen-bond acceptors (Lipinski definition) is 8. The van der Waals surface area contributed by atoms with Crippen LogP contribution in [0.25, 0.3) is 11.0 Å². The number of carbonyl (C=O) groups excluding carboxylic acids is 1. The van der Waals surface area contributed by atoms with Gasteiger partial charge in [0.15, 0.2) is 0 Å². The molecule has 5 aromatic rings. The van der Waals surface area contributed by atoms with Gasteiger partial charge >= 0.3 is 17.8 Å². The van der Waals surface area contributed by atoms with Crippen LogP contribution in [-0.2, 0) is 35.5 Å². The van der Waals surface area contributed by atoms with Crippen molar-refractivity contribution in [2.45, 2.75) is 44.9 Å². The number of piperidine rings is 1. The number of nitrogens with one attached hydrogen (secondary N) is 3. The molecule has 0 saturated carbocycles. The van der Waals surface area contributed by atoms with Crippen LogP contribution in [0.5, 0.6) is 0 Å². The maximum absolute atomic E-state index is 13.3. The first kappa shape index (κ1) is 32.3. The molecule has 248 valence electrons. The number of fused-ring (bicyclic) bond motifs is 1. The molecule has 0 unspecified atom stereocenters. The third-order valence-corrected chi connectivity index (χ3v) is 8.62. The summed E-state index contributed by atoms with van der Waals surface area (Å²) in [5.41, 5.74) is 4.09. The molecule has 1 fully saturated rings. The topological polar surface area (TPSA) is 154 Å². The van der Waals surface area contributed by atoms with Crippen LogP contribution >= 0.6 is 0 Å². The highest BCUT2D eigenvalue weighted by Crippen LogP contribution is 2.26. The number of carboxylic acids is 1. The molecule has 48 heavy (non-hydrogen) atoms. The van der Waals surface area contributed by atoms with E-state index in [0.717, 1.165) is 72.6 Å². The number of aromatic nitrogens is 4. The summed E-state index contributed by atoms with van der Waals surface area (Å²) >= 11 is 0. The van der Waals surface area contributed by atoms with Crippen molar-refractivity contribution in [1.29, 1.82) is 0 Å². The number of nitrogens with zero attached hydrogens (tertiary/aromatic N) is 4. The van der Waals surface area contributed by atoms with E-state index in [4.69, 9.17) is 4.74 Å². The number of imidazole rings is 1. The molecular formula is C36H39N7O5. The maximum atomic E-state index is 13.3. The molecule has 0 aliphatic carbocycles. The molecule has 2 aromatic heterocycles. The monoisotopic (exact) mass is 649 g/mol. The van der Waals surface area contributed by atoms with Gasteiger partial charge in [-0.05, 0) is 54.9 Å². The third-order valence-electron chi connectivity index (χ3n) is 8.62. The quantitative estimate of drug-likeness (QED) is 0.143. The van der Waals surface area contributed by atoms with Gasteiger partial charge in [-0.3, -0.25) is 4.57 Å². The summed E-state index contributed by atoms with van der Waals surface area (Å²) in [5.74, 6) is 0.516. The SMILES string of the molecule is O=C(N[C@@H](Cn1cc(CCc2ccccc2)c(N2CCC(CNc3nc4ccccc4[nH]3)CC2)nc1=O)C(=O)O)OCc1ccccc1. The van der Waals surface area contributed by atoms with Crippen LogP contribution in [0.1, 0.15) is 29.5 Å². The maximum Gasteiger partial charge on any atom is 0.408 e. The van der Waals surface area contributed by atoms with Crippen LogP contribution in [0.2, 0.25) is 0 Å². The molecule has 1 amide bonds. The summed E-state index contributed by atoms with van der Waals surface area (Å²) in [4.78, 5) is 52.5. The van der Waals surface area contributed by atoms with Gasteiger partial charge < -0.3 is 30.4 Å². The fraction of sp³-hybridized carbons (Fsp3) is 0.306. The summed E-state index contributed by atoms with van der Waals surface area (Å²) in [6.45, 7) is 1.93. The summed E-state index contributed by atoms with van der Waals surface area (Å²) in [6.07, 6.45) is 3.95. The van der Waals surface area contributed by atoms with Crippen LogP contribution in [0.15, 0.2) is 95.9 Å². The number of rotatable bonds is 13. The van der Waals surface area contributed by atoms with Gasteiger partial charge in [0.2, 0.25) is 5.95 Å². The smallest absolute Gasteiger partial charge is 0.408 e. The molecule has 6 rings (SSSR count). The molecule has 1 atom stereocenters. The number of para-hydroxylation sites is 2. The molecule has 3 heterocycles. The zero-order valence-corrected chi connectivity index (χ0v) is 26.5. The van der Waals surface area contributed by atoms with Crippen LogP contribution in [0, 0.1) is 5.92 Å². The standard InChI is InChI=1S/C36H39N7O5/c44-33(45)31(40-36(47)48-24-27-11-5-2-6-12-27)23-43-22-28(16-15-25-9-3-1-4-10-25)32(41-35(43)46)42-19-17-26(18-20-42)21-37-34-38-29-13-7-8-14-30(29)39-34/h1-14,22,26,31H,15-21,23-24H2,(H,40,47)(H,44,45)(H2,37,38,39)/t31-/m0/s1. The molecule has 12 heteroatoms. The van der Waals surface area contributed by atoms with Gasteiger partial charge in [0, 0.05) is 31.4 Å². The summed E-state index contributed by atoms with van der Waals surface area (Å²) in [5, 5.41) is 15.7. The Morgan fingerprint density at radius 1 is 0.917 bits per heavy atom. The predicted octanol–water partition coefficient (Wildman–Crippen LogP) is 4.61. The van der Waals surface area contributed by atoms with Gasteiger partial charge in [-0.2, -0.15) is 4.98 Å². The highest BCUT2D eigenvalue weighted by atomic mass is 16.5. The molecule has 4 N–H and O–H groups in total. The Bertz CT molecular complexity index is 1850. The minimum Gasteiger partial charge on any atom is -0.480 e. The van der Waals surface area contributed by atoms with E-state index in [1.165, 1.54) is 4.57 Å². The van der Waals surface area contributed by atoms with Gasteiger partial charge in [0.1, 0.15) is 18.5 Å². The van der Waals surface area contributed by atoms with E-state index in [2.05, 4.69) is 42.6 Å². The average molecular weight is 650 g/mol. The van der Waals surface area contributed by atoms with E-state index in [9.17, 15) is 19.5 Å². The number of carboxylic acid groups (broad SMARTS) is 1. The molecule has 12 nitrogen and oxygen atoms in total. The number of benzene rings is 3. The molecule has 1 saturated heterocycles. The Hall–Kier alpha value is -5.65. The van der Waals surface area contributed by atoms with Gasteiger partial charge in [-0.25, -0.2) is 19.4 Å². The molecular weight excluding hydrogens is 610 g/mol. The number of aryl methyl sites for hydroxylation is 2. The first-order chi connectivity index (χ1) is 23.4. The lowest BCUT2D eigenvalue weighted by Gasteiger charge is -2.34. The first-order valence-corrected chi connectivity index (χ1v) is 16.2. The Morgan fingerprint density at radius 3 is 2.31 bits per heavy atom. The number of carbonyl (C=O) groups is 2. The Kier molecular flexibility index (Phi) is 10.3. The van der Waals surface area contributed by atoms with Crippen LogP contribution in [0.4, 0.5) is 16.6 Å². The largest absolute Gasteiger partial charge is 0.480 e. The van der Waals surface area contributed by atoms with Crippen molar-refractivity contribution >= 4 is 34.9 Å². The van der Waals surface area contributed by atoms with Gasteiger partial charge in [-0.1, -0.05) is 72.8 Å². The predicted molar refractivity (Wildman–Crippen MR) is 183 cm³/mol. The number of hydrogen-bond donors (Lipinski definition) is 4. The lowest BCUT2D eigenvalue weighted by atomic mass is 9.96. The van der Waals surface area contributed by atoms with E-state index in [0.29, 0.717) is 18.2 Å². The normalized spacial score (nSPS) is 14.0. The minimum absolute atomic E-state index is 0.00843. The highest BCUT2D eigenvalue weighted by Gasteiger charge is 2.26. The van der Waals surface area contributed by atoms with Gasteiger partial charge in [0.25, 0.3) is 0 Å². The number of ether oxygens (including phenoxy) is 1. The van der Waals surface area contributed by atoms with E-state index >= 15 is 0 Å². The molecule has 0 spiro atoms. The number of H-pyrrole nitrogens is 1. The van der Waals surface area contributed by atoms with Crippen molar-refractivity contribution in [2.75, 3.05) is 29.9 Å². The summed E-state index contributed by atoms with van der Waals surface area (Å²) in [7, 11) is 0. The highest BCUT2D eigenvalue weighted by molar-refractivity contribution is 5.80. The number of amides is 1. The van der Waals surface area contributed by atoms with Crippen LogP contribution in [-0.4, -0.2) is 62.4 Å². The third kappa shape index (κ3) is 8.38.